The van der Waals surface area contributed by atoms with E-state index in [9.17, 15) is 4.79 Å². The Kier molecular flexibility index (Phi) is 7.89. The van der Waals surface area contributed by atoms with Crippen molar-refractivity contribution in [2.24, 2.45) is 0 Å². The number of hydrogen-bond acceptors (Lipinski definition) is 3. The number of allylic oxidation sites excluding steroid dienone is 1. The molecule has 2 rings (SSSR count). The highest BCUT2D eigenvalue weighted by Gasteiger charge is 2.18. The predicted octanol–water partition coefficient (Wildman–Crippen LogP) is 2.11. The molecule has 2 aromatic rings. The van der Waals surface area contributed by atoms with Crippen molar-refractivity contribution in [3.8, 4) is 11.5 Å². The van der Waals surface area contributed by atoms with Gasteiger partial charge < -0.3 is 19.7 Å². The van der Waals surface area contributed by atoms with Crippen molar-refractivity contribution < 1.29 is 19.2 Å². The summed E-state index contributed by atoms with van der Waals surface area (Å²) < 4.78 is 11.1. The molecule has 0 saturated heterocycles. The van der Waals surface area contributed by atoms with Crippen molar-refractivity contribution >= 4 is 12.0 Å². The topological polar surface area (TPSA) is 52.0 Å². The molecule has 27 heavy (non-hydrogen) atoms. The quantitative estimate of drug-likeness (QED) is 0.712. The van der Waals surface area contributed by atoms with E-state index in [1.165, 1.54) is 4.90 Å². The molecule has 144 valence electrons. The number of carbonyl (C=O) groups is 1. The largest absolute Gasteiger partial charge is 0.493 e. The van der Waals surface area contributed by atoms with Gasteiger partial charge in [-0.1, -0.05) is 48.6 Å². The number of rotatable bonds is 9. The summed E-state index contributed by atoms with van der Waals surface area (Å²) in [6, 6.07) is 15.5. The maximum atomic E-state index is 12.5. The number of ether oxygens (including phenoxy) is 2. The molecule has 0 saturated carbocycles. The van der Waals surface area contributed by atoms with Crippen LogP contribution in [0.1, 0.15) is 24.1 Å². The monoisotopic (exact) mass is 369 g/mol. The summed E-state index contributed by atoms with van der Waals surface area (Å²) in [6.07, 6.45) is 3.94. The van der Waals surface area contributed by atoms with Gasteiger partial charge in [0, 0.05) is 0 Å². The fraction of sp³-hybridized carbons (Fsp3) is 0.318. The second-order valence-electron chi connectivity index (χ2n) is 6.64. The van der Waals surface area contributed by atoms with Gasteiger partial charge in [-0.25, -0.2) is 0 Å². The van der Waals surface area contributed by atoms with E-state index in [2.05, 4.69) is 19.4 Å². The molecule has 1 atom stereocenters. The minimum Gasteiger partial charge on any atom is -0.493 e. The normalized spacial score (nSPS) is 12.2. The SMILES string of the molecule is C/C=C/c1ccc(OCC(=O)N[C@@H](C[NH+](C)C)c2ccccc2)c(OC)c1. The Morgan fingerprint density at radius 1 is 1.15 bits per heavy atom. The third kappa shape index (κ3) is 6.46. The average molecular weight is 369 g/mol. The van der Waals surface area contributed by atoms with E-state index >= 15 is 0 Å². The van der Waals surface area contributed by atoms with Crippen molar-refractivity contribution in [1.29, 1.82) is 0 Å². The van der Waals surface area contributed by atoms with E-state index in [0.29, 0.717) is 11.5 Å². The van der Waals surface area contributed by atoms with Gasteiger partial charge in [0.05, 0.1) is 21.2 Å². The minimum atomic E-state index is -0.162. The smallest absolute Gasteiger partial charge is 0.258 e. The van der Waals surface area contributed by atoms with Gasteiger partial charge in [-0.05, 0) is 30.2 Å². The molecule has 0 aliphatic carbocycles. The summed E-state index contributed by atoms with van der Waals surface area (Å²) in [7, 11) is 5.72. The van der Waals surface area contributed by atoms with E-state index < -0.39 is 0 Å². The van der Waals surface area contributed by atoms with E-state index in [-0.39, 0.29) is 18.6 Å². The summed E-state index contributed by atoms with van der Waals surface area (Å²) in [6.45, 7) is 2.68. The lowest BCUT2D eigenvalue weighted by Gasteiger charge is -2.21. The van der Waals surface area contributed by atoms with Gasteiger partial charge >= 0.3 is 0 Å². The van der Waals surface area contributed by atoms with Crippen molar-refractivity contribution in [2.75, 3.05) is 34.4 Å². The molecule has 0 unspecified atom stereocenters. The summed E-state index contributed by atoms with van der Waals surface area (Å²) in [5.41, 5.74) is 2.10. The Hall–Kier alpha value is -2.79. The second kappa shape index (κ2) is 10.4. The average Bonchev–Trinajstić information content (AvgIpc) is 2.67. The fourth-order valence-electron chi connectivity index (χ4n) is 2.82. The Bertz CT molecular complexity index is 757. The molecular formula is C22H29N2O3+. The van der Waals surface area contributed by atoms with Crippen LogP contribution in [0.15, 0.2) is 54.6 Å². The molecule has 0 spiro atoms. The van der Waals surface area contributed by atoms with Crippen LogP contribution >= 0.6 is 0 Å². The first-order chi connectivity index (χ1) is 13.0. The van der Waals surface area contributed by atoms with Gasteiger partial charge in [0.1, 0.15) is 12.6 Å². The molecule has 0 aliphatic rings. The summed E-state index contributed by atoms with van der Waals surface area (Å²) >= 11 is 0. The van der Waals surface area contributed by atoms with Gasteiger partial charge in [-0.3, -0.25) is 4.79 Å². The molecule has 0 radical (unpaired) electrons. The number of benzene rings is 2. The molecule has 1 amide bonds. The molecule has 5 nitrogen and oxygen atoms in total. The molecule has 5 heteroatoms. The molecule has 0 bridgehead atoms. The van der Waals surface area contributed by atoms with Crippen molar-refractivity contribution in [3.63, 3.8) is 0 Å². The molecule has 0 fully saturated rings. The first-order valence-electron chi connectivity index (χ1n) is 9.10. The van der Waals surface area contributed by atoms with Crippen LogP contribution in [0.2, 0.25) is 0 Å². The fourth-order valence-corrected chi connectivity index (χ4v) is 2.82. The van der Waals surface area contributed by atoms with Crippen LogP contribution in [0.25, 0.3) is 6.08 Å². The van der Waals surface area contributed by atoms with Gasteiger partial charge in [0.25, 0.3) is 5.91 Å². The highest BCUT2D eigenvalue weighted by molar-refractivity contribution is 5.78. The van der Waals surface area contributed by atoms with Gasteiger partial charge in [0.15, 0.2) is 18.1 Å². The number of hydrogen-bond donors (Lipinski definition) is 2. The zero-order valence-electron chi connectivity index (χ0n) is 16.5. The third-order valence-electron chi connectivity index (χ3n) is 4.06. The number of methoxy groups -OCH3 is 1. The zero-order valence-corrected chi connectivity index (χ0v) is 16.5. The highest BCUT2D eigenvalue weighted by Crippen LogP contribution is 2.28. The van der Waals surface area contributed by atoms with E-state index in [1.807, 2.05) is 67.6 Å². The maximum absolute atomic E-state index is 12.5. The summed E-state index contributed by atoms with van der Waals surface area (Å²) in [5, 5.41) is 3.07. The standard InChI is InChI=1S/C22H28N2O3/c1-5-9-17-12-13-20(21(14-17)26-4)27-16-22(25)23-19(15-24(2)3)18-10-7-6-8-11-18/h5-14,19H,15-16H2,1-4H3,(H,23,25)/p+1/b9-5+/t19-/m0/s1. The van der Waals surface area contributed by atoms with Crippen LogP contribution in [0.3, 0.4) is 0 Å². The Morgan fingerprint density at radius 2 is 1.89 bits per heavy atom. The van der Waals surface area contributed by atoms with E-state index in [0.717, 1.165) is 17.7 Å². The third-order valence-corrected chi connectivity index (χ3v) is 4.06. The molecule has 0 aromatic heterocycles. The molecule has 0 heterocycles. The number of amides is 1. The van der Waals surface area contributed by atoms with Crippen LogP contribution in [0.5, 0.6) is 11.5 Å². The number of quaternary nitrogens is 1. The van der Waals surface area contributed by atoms with E-state index in [4.69, 9.17) is 9.47 Å². The summed E-state index contributed by atoms with van der Waals surface area (Å²) in [5.74, 6) is 0.996. The predicted molar refractivity (Wildman–Crippen MR) is 108 cm³/mol. The molecule has 0 aliphatic heterocycles. The Morgan fingerprint density at radius 3 is 2.52 bits per heavy atom. The lowest BCUT2D eigenvalue weighted by atomic mass is 10.1. The first kappa shape index (κ1) is 20.5. The van der Waals surface area contributed by atoms with Crippen LogP contribution in [-0.4, -0.2) is 40.3 Å². The van der Waals surface area contributed by atoms with Crippen molar-refractivity contribution in [2.45, 2.75) is 13.0 Å². The van der Waals surface area contributed by atoms with Gasteiger partial charge in [0.2, 0.25) is 0 Å². The van der Waals surface area contributed by atoms with E-state index in [1.54, 1.807) is 7.11 Å². The maximum Gasteiger partial charge on any atom is 0.258 e. The van der Waals surface area contributed by atoms with Crippen LogP contribution in [-0.2, 0) is 4.79 Å². The molecule has 2 N–H and O–H groups in total. The van der Waals surface area contributed by atoms with Crippen molar-refractivity contribution in [3.05, 3.63) is 65.7 Å². The lowest BCUT2D eigenvalue weighted by Crippen LogP contribution is -3.06. The van der Waals surface area contributed by atoms with Crippen molar-refractivity contribution in [1.82, 2.24) is 5.32 Å². The summed E-state index contributed by atoms with van der Waals surface area (Å²) in [4.78, 5) is 13.7. The minimum absolute atomic E-state index is 0.0636. The van der Waals surface area contributed by atoms with Crippen LogP contribution in [0, 0.1) is 0 Å². The second-order valence-corrected chi connectivity index (χ2v) is 6.64. The lowest BCUT2D eigenvalue weighted by molar-refractivity contribution is -0.860. The molecular weight excluding hydrogens is 340 g/mol. The zero-order chi connectivity index (χ0) is 19.6. The molecule has 2 aromatic carbocycles. The number of carbonyl (C=O) groups excluding carboxylic acids is 1. The number of nitrogens with one attached hydrogen (secondary N) is 2. The van der Waals surface area contributed by atoms with Gasteiger partial charge in [-0.15, -0.1) is 0 Å². The van der Waals surface area contributed by atoms with Crippen LogP contribution < -0.4 is 19.7 Å². The Balaban J connectivity index is 2.01. The van der Waals surface area contributed by atoms with Crippen LogP contribution in [0.4, 0.5) is 0 Å². The number of likely N-dealkylation sites (N-methyl/N-ethyl adjacent to an activating group) is 1. The first-order valence-corrected chi connectivity index (χ1v) is 9.10. The highest BCUT2D eigenvalue weighted by atomic mass is 16.5. The Labute approximate surface area is 161 Å². The van der Waals surface area contributed by atoms with Gasteiger partial charge in [-0.2, -0.15) is 0 Å².